The fourth-order valence-electron chi connectivity index (χ4n) is 4.11. The summed E-state index contributed by atoms with van der Waals surface area (Å²) in [5.74, 6) is -1.57. The molecule has 1 N–H and O–H groups in total. The first-order valence-corrected chi connectivity index (χ1v) is 13.1. The van der Waals surface area contributed by atoms with E-state index < -0.39 is 17.9 Å². The monoisotopic (exact) mass is 446 g/mol. The summed E-state index contributed by atoms with van der Waals surface area (Å²) in [4.78, 5) is 23.5. The molecule has 0 aliphatic rings. The van der Waals surface area contributed by atoms with Gasteiger partial charge in [-0.25, -0.2) is 0 Å². The summed E-state index contributed by atoms with van der Waals surface area (Å²) in [6.07, 6.45) is 21.2. The van der Waals surface area contributed by atoms with Gasteiger partial charge in [-0.3, -0.25) is 9.59 Å². The second-order valence-electron chi connectivity index (χ2n) is 9.12. The Morgan fingerprint density at radius 2 is 1.16 bits per heavy atom. The van der Waals surface area contributed by atoms with Gasteiger partial charge in [0.2, 0.25) is 0 Å². The molecule has 0 spiro atoms. The van der Waals surface area contributed by atoms with E-state index in [0.717, 1.165) is 19.3 Å². The van der Waals surface area contributed by atoms with E-state index in [1.54, 1.807) is 24.3 Å². The first kappa shape index (κ1) is 28.2. The van der Waals surface area contributed by atoms with E-state index in [0.29, 0.717) is 12.2 Å². The summed E-state index contributed by atoms with van der Waals surface area (Å²) in [5.41, 5.74) is 0. The fraction of sp³-hybridized carbons (Fsp3) is 0.714. The highest BCUT2D eigenvalue weighted by atomic mass is 16.5. The zero-order valence-electron chi connectivity index (χ0n) is 20.4. The molecule has 0 saturated heterocycles. The van der Waals surface area contributed by atoms with Crippen molar-refractivity contribution in [3.63, 3.8) is 0 Å². The van der Waals surface area contributed by atoms with Gasteiger partial charge in [0.1, 0.15) is 5.75 Å². The van der Waals surface area contributed by atoms with Gasteiger partial charge in [0.15, 0.2) is 0 Å². The zero-order chi connectivity index (χ0) is 23.3. The van der Waals surface area contributed by atoms with E-state index >= 15 is 0 Å². The van der Waals surface area contributed by atoms with Crippen molar-refractivity contribution in [2.45, 2.75) is 122 Å². The maximum atomic E-state index is 12.0. The molecule has 0 bridgehead atoms. The third-order valence-electron chi connectivity index (χ3n) is 6.14. The van der Waals surface area contributed by atoms with Crippen LogP contribution in [0.3, 0.4) is 0 Å². The van der Waals surface area contributed by atoms with Crippen LogP contribution >= 0.6 is 0 Å². The summed E-state index contributed by atoms with van der Waals surface area (Å²) in [5, 5.41) is 9.41. The van der Waals surface area contributed by atoms with Gasteiger partial charge in [-0.2, -0.15) is 0 Å². The molecular weight excluding hydrogens is 400 g/mol. The Kier molecular flexibility index (Phi) is 17.5. The molecule has 0 fully saturated rings. The summed E-state index contributed by atoms with van der Waals surface area (Å²) >= 11 is 0. The molecule has 0 radical (unpaired) electrons. The van der Waals surface area contributed by atoms with E-state index in [1.165, 1.54) is 83.5 Å². The highest BCUT2D eigenvalue weighted by Crippen LogP contribution is 2.19. The Labute approximate surface area is 196 Å². The SMILES string of the molecule is CCCCCCCCCCCCCCCCCCC(CC(=O)Oc1ccccc1)C(=O)O. The number of carbonyl (C=O) groups is 2. The average molecular weight is 447 g/mol. The Morgan fingerprint density at radius 3 is 1.59 bits per heavy atom. The molecule has 182 valence electrons. The van der Waals surface area contributed by atoms with Crippen LogP contribution in [0.5, 0.6) is 5.75 Å². The number of rotatable bonds is 21. The number of carbonyl (C=O) groups excluding carboxylic acids is 1. The first-order chi connectivity index (χ1) is 15.6. The molecule has 1 aromatic rings. The molecule has 0 aromatic heterocycles. The summed E-state index contributed by atoms with van der Waals surface area (Å²) in [7, 11) is 0. The van der Waals surface area contributed by atoms with Crippen molar-refractivity contribution in [3.8, 4) is 5.75 Å². The molecule has 0 heterocycles. The Hall–Kier alpha value is -1.84. The molecule has 4 nitrogen and oxygen atoms in total. The third-order valence-corrected chi connectivity index (χ3v) is 6.14. The molecule has 4 heteroatoms. The number of carboxylic acids is 1. The zero-order valence-corrected chi connectivity index (χ0v) is 20.4. The van der Waals surface area contributed by atoms with Crippen molar-refractivity contribution >= 4 is 11.9 Å². The molecule has 0 amide bonds. The van der Waals surface area contributed by atoms with Crippen LogP contribution in [-0.2, 0) is 9.59 Å². The predicted octanol–water partition coefficient (Wildman–Crippen LogP) is 8.33. The van der Waals surface area contributed by atoms with Crippen LogP contribution in [0, 0.1) is 5.92 Å². The Bertz CT molecular complexity index is 584. The number of hydrogen-bond acceptors (Lipinski definition) is 3. The largest absolute Gasteiger partial charge is 0.481 e. The van der Waals surface area contributed by atoms with Crippen molar-refractivity contribution in [2.75, 3.05) is 0 Å². The number of esters is 1. The van der Waals surface area contributed by atoms with Gasteiger partial charge >= 0.3 is 11.9 Å². The van der Waals surface area contributed by atoms with E-state index in [9.17, 15) is 14.7 Å². The third kappa shape index (κ3) is 15.9. The standard InChI is InChI=1S/C28H46O4/c1-2-3-4-5-6-7-8-9-10-11-12-13-14-15-16-18-21-25(28(30)31)24-27(29)32-26-22-19-17-20-23-26/h17,19-20,22-23,25H,2-16,18,21,24H2,1H3,(H,30,31). The highest BCUT2D eigenvalue weighted by Gasteiger charge is 2.22. The van der Waals surface area contributed by atoms with Gasteiger partial charge < -0.3 is 9.84 Å². The van der Waals surface area contributed by atoms with Gasteiger partial charge in [0, 0.05) is 0 Å². The van der Waals surface area contributed by atoms with Crippen LogP contribution in [0.2, 0.25) is 0 Å². The lowest BCUT2D eigenvalue weighted by Crippen LogP contribution is -2.21. The van der Waals surface area contributed by atoms with Crippen molar-refractivity contribution < 1.29 is 19.4 Å². The molecule has 0 aliphatic carbocycles. The van der Waals surface area contributed by atoms with Gasteiger partial charge in [0.25, 0.3) is 0 Å². The summed E-state index contributed by atoms with van der Waals surface area (Å²) < 4.78 is 5.23. The van der Waals surface area contributed by atoms with E-state index in [1.807, 2.05) is 6.07 Å². The molecular formula is C28H46O4. The number of para-hydroxylation sites is 1. The van der Waals surface area contributed by atoms with Crippen LogP contribution in [0.15, 0.2) is 30.3 Å². The predicted molar refractivity (Wildman–Crippen MR) is 132 cm³/mol. The van der Waals surface area contributed by atoms with Gasteiger partial charge in [-0.1, -0.05) is 128 Å². The van der Waals surface area contributed by atoms with E-state index in [4.69, 9.17) is 4.74 Å². The number of ether oxygens (including phenoxy) is 1. The Morgan fingerprint density at radius 1 is 0.719 bits per heavy atom. The minimum atomic E-state index is -0.907. The normalized spacial score (nSPS) is 11.9. The van der Waals surface area contributed by atoms with Crippen LogP contribution < -0.4 is 4.74 Å². The minimum Gasteiger partial charge on any atom is -0.481 e. The molecule has 1 rings (SSSR count). The lowest BCUT2D eigenvalue weighted by molar-refractivity contribution is -0.147. The smallest absolute Gasteiger partial charge is 0.312 e. The van der Waals surface area contributed by atoms with Crippen molar-refractivity contribution in [1.29, 1.82) is 0 Å². The van der Waals surface area contributed by atoms with Gasteiger partial charge in [0.05, 0.1) is 12.3 Å². The average Bonchev–Trinajstić information content (AvgIpc) is 2.78. The molecule has 1 atom stereocenters. The number of aliphatic carboxylic acids is 1. The highest BCUT2D eigenvalue weighted by molar-refractivity contribution is 5.80. The summed E-state index contributed by atoms with van der Waals surface area (Å²) in [6.45, 7) is 2.27. The van der Waals surface area contributed by atoms with E-state index in [-0.39, 0.29) is 6.42 Å². The van der Waals surface area contributed by atoms with Crippen molar-refractivity contribution in [2.24, 2.45) is 5.92 Å². The topological polar surface area (TPSA) is 63.6 Å². The second-order valence-corrected chi connectivity index (χ2v) is 9.12. The van der Waals surface area contributed by atoms with Crippen LogP contribution in [0.25, 0.3) is 0 Å². The van der Waals surface area contributed by atoms with Crippen LogP contribution in [-0.4, -0.2) is 17.0 Å². The fourth-order valence-corrected chi connectivity index (χ4v) is 4.11. The quantitative estimate of drug-likeness (QED) is 0.117. The Balaban J connectivity index is 1.95. The van der Waals surface area contributed by atoms with Crippen LogP contribution in [0.4, 0.5) is 0 Å². The summed E-state index contributed by atoms with van der Waals surface area (Å²) in [6, 6.07) is 8.81. The molecule has 1 aromatic carbocycles. The second kappa shape index (κ2) is 19.8. The number of unbranched alkanes of at least 4 members (excludes halogenated alkanes) is 15. The minimum absolute atomic E-state index is 0.0665. The van der Waals surface area contributed by atoms with Crippen molar-refractivity contribution in [3.05, 3.63) is 30.3 Å². The van der Waals surface area contributed by atoms with Gasteiger partial charge in [-0.15, -0.1) is 0 Å². The van der Waals surface area contributed by atoms with Gasteiger partial charge in [-0.05, 0) is 18.6 Å². The molecule has 0 aliphatic heterocycles. The molecule has 32 heavy (non-hydrogen) atoms. The van der Waals surface area contributed by atoms with E-state index in [2.05, 4.69) is 6.92 Å². The maximum Gasteiger partial charge on any atom is 0.312 e. The van der Waals surface area contributed by atoms with Crippen molar-refractivity contribution in [1.82, 2.24) is 0 Å². The maximum absolute atomic E-state index is 12.0. The molecule has 1 unspecified atom stereocenters. The first-order valence-electron chi connectivity index (χ1n) is 13.1. The van der Waals surface area contributed by atoms with Crippen LogP contribution in [0.1, 0.15) is 122 Å². The lowest BCUT2D eigenvalue weighted by atomic mass is 9.97. The number of hydrogen-bond donors (Lipinski definition) is 1. The number of carboxylic acid groups (broad SMARTS) is 1. The number of benzene rings is 1. The molecule has 0 saturated carbocycles. The lowest BCUT2D eigenvalue weighted by Gasteiger charge is -2.12.